The van der Waals surface area contributed by atoms with Gasteiger partial charge < -0.3 is 10.1 Å². The predicted octanol–water partition coefficient (Wildman–Crippen LogP) is 3.76. The summed E-state index contributed by atoms with van der Waals surface area (Å²) in [5.41, 5.74) is 0.823. The van der Waals surface area contributed by atoms with Crippen LogP contribution < -0.4 is 5.32 Å². The summed E-state index contributed by atoms with van der Waals surface area (Å²) < 4.78 is 4.94. The van der Waals surface area contributed by atoms with Crippen molar-refractivity contribution in [2.45, 2.75) is 17.9 Å². The maximum Gasteiger partial charge on any atom is 0.316 e. The molecule has 0 saturated heterocycles. The van der Waals surface area contributed by atoms with Gasteiger partial charge in [-0.15, -0.1) is 11.8 Å². The van der Waals surface area contributed by atoms with Crippen molar-refractivity contribution in [2.75, 3.05) is 12.4 Å². The Balaban J connectivity index is 1.73. The summed E-state index contributed by atoms with van der Waals surface area (Å²) in [6.07, 6.45) is 0. The number of nitro benzene ring substituents is 1. The summed E-state index contributed by atoms with van der Waals surface area (Å²) in [5.74, 6) is -0.977. The molecule has 2 aromatic carbocycles. The molecule has 0 saturated carbocycles. The fraction of sp³-hybridized carbons (Fsp3) is 0.222. The van der Waals surface area contributed by atoms with E-state index in [4.69, 9.17) is 16.3 Å². The molecule has 27 heavy (non-hydrogen) atoms. The van der Waals surface area contributed by atoms with Gasteiger partial charge in [0.2, 0.25) is 0 Å². The Morgan fingerprint density at radius 3 is 2.59 bits per heavy atom. The number of nitrogens with zero attached hydrogens (tertiary/aromatic N) is 1. The van der Waals surface area contributed by atoms with Crippen LogP contribution in [-0.4, -0.2) is 29.2 Å². The number of ether oxygens (including phenoxy) is 1. The Bertz CT molecular complexity index is 829. The molecule has 0 aromatic heterocycles. The van der Waals surface area contributed by atoms with E-state index in [0.29, 0.717) is 9.92 Å². The number of hydrogen-bond acceptors (Lipinski definition) is 6. The summed E-state index contributed by atoms with van der Waals surface area (Å²) in [5, 5.41) is 13.9. The first kappa shape index (κ1) is 20.7. The average molecular weight is 409 g/mol. The van der Waals surface area contributed by atoms with Crippen LogP contribution in [0.4, 0.5) is 5.69 Å². The van der Waals surface area contributed by atoms with E-state index in [0.717, 1.165) is 5.56 Å². The zero-order valence-corrected chi connectivity index (χ0v) is 16.0. The van der Waals surface area contributed by atoms with Crippen LogP contribution in [0.25, 0.3) is 0 Å². The molecule has 0 fully saturated rings. The lowest BCUT2D eigenvalue weighted by Gasteiger charge is -2.14. The summed E-state index contributed by atoms with van der Waals surface area (Å²) in [6, 6.07) is 12.7. The van der Waals surface area contributed by atoms with Crippen molar-refractivity contribution in [1.29, 1.82) is 0 Å². The second kappa shape index (κ2) is 9.94. The Hall–Kier alpha value is -2.58. The van der Waals surface area contributed by atoms with Crippen molar-refractivity contribution in [3.05, 3.63) is 69.2 Å². The molecule has 0 unspecified atom stereocenters. The van der Waals surface area contributed by atoms with Gasteiger partial charge in [0.1, 0.15) is 0 Å². The molecule has 2 rings (SSSR count). The first-order chi connectivity index (χ1) is 12.8. The highest BCUT2D eigenvalue weighted by Gasteiger charge is 2.13. The van der Waals surface area contributed by atoms with Crippen LogP contribution in [-0.2, 0) is 14.3 Å². The van der Waals surface area contributed by atoms with Crippen LogP contribution in [0, 0.1) is 10.1 Å². The van der Waals surface area contributed by atoms with E-state index in [1.54, 1.807) is 37.3 Å². The molecule has 2 aromatic rings. The summed E-state index contributed by atoms with van der Waals surface area (Å²) >= 11 is 7.09. The third-order valence-corrected chi connectivity index (χ3v) is 4.72. The van der Waals surface area contributed by atoms with Crippen molar-refractivity contribution in [3.63, 3.8) is 0 Å². The van der Waals surface area contributed by atoms with Crippen LogP contribution in [0.5, 0.6) is 0 Å². The van der Waals surface area contributed by atoms with E-state index in [9.17, 15) is 19.7 Å². The van der Waals surface area contributed by atoms with Gasteiger partial charge in [-0.1, -0.05) is 23.7 Å². The van der Waals surface area contributed by atoms with Crippen LogP contribution in [0.2, 0.25) is 5.02 Å². The molecule has 0 aliphatic heterocycles. The molecule has 0 aliphatic rings. The van der Waals surface area contributed by atoms with Gasteiger partial charge in [0.15, 0.2) is 6.61 Å². The lowest BCUT2D eigenvalue weighted by Crippen LogP contribution is -2.31. The van der Waals surface area contributed by atoms with Crippen LogP contribution in [0.1, 0.15) is 18.5 Å². The Morgan fingerprint density at radius 2 is 1.96 bits per heavy atom. The monoisotopic (exact) mass is 408 g/mol. The number of nitro groups is 1. The van der Waals surface area contributed by atoms with Crippen molar-refractivity contribution in [1.82, 2.24) is 5.32 Å². The maximum absolute atomic E-state index is 11.9. The van der Waals surface area contributed by atoms with E-state index < -0.39 is 16.8 Å². The molecule has 0 heterocycles. The minimum atomic E-state index is -0.552. The molecule has 0 radical (unpaired) electrons. The molecule has 0 bridgehead atoms. The van der Waals surface area contributed by atoms with Crippen molar-refractivity contribution >= 4 is 40.9 Å². The van der Waals surface area contributed by atoms with E-state index in [-0.39, 0.29) is 24.1 Å². The Morgan fingerprint density at radius 1 is 1.26 bits per heavy atom. The number of nitrogens with one attached hydrogen (secondary N) is 1. The number of amides is 1. The number of esters is 1. The molecular formula is C18H17ClN2O5S. The number of halogens is 1. The average Bonchev–Trinajstić information content (AvgIpc) is 2.65. The highest BCUT2D eigenvalue weighted by Crippen LogP contribution is 2.21. The largest absolute Gasteiger partial charge is 0.455 e. The molecule has 142 valence electrons. The number of rotatable bonds is 8. The first-order valence-electron chi connectivity index (χ1n) is 7.93. The maximum atomic E-state index is 11.9. The fourth-order valence-electron chi connectivity index (χ4n) is 2.14. The minimum Gasteiger partial charge on any atom is -0.455 e. The van der Waals surface area contributed by atoms with E-state index in [1.807, 2.05) is 6.07 Å². The van der Waals surface area contributed by atoms with E-state index >= 15 is 0 Å². The molecule has 7 nitrogen and oxygen atoms in total. The van der Waals surface area contributed by atoms with Gasteiger partial charge in [0.05, 0.1) is 16.7 Å². The van der Waals surface area contributed by atoms with Gasteiger partial charge in [-0.2, -0.15) is 0 Å². The summed E-state index contributed by atoms with van der Waals surface area (Å²) in [6.45, 7) is 1.42. The molecule has 9 heteroatoms. The van der Waals surface area contributed by atoms with Gasteiger partial charge in [0.25, 0.3) is 11.6 Å². The lowest BCUT2D eigenvalue weighted by atomic mass is 10.1. The zero-order chi connectivity index (χ0) is 19.8. The summed E-state index contributed by atoms with van der Waals surface area (Å²) in [7, 11) is 0. The van der Waals surface area contributed by atoms with Gasteiger partial charge in [0, 0.05) is 22.1 Å². The number of benzene rings is 2. The number of hydrogen-bond donors (Lipinski definition) is 1. The van der Waals surface area contributed by atoms with Crippen molar-refractivity contribution in [2.24, 2.45) is 0 Å². The first-order valence-corrected chi connectivity index (χ1v) is 9.29. The lowest BCUT2D eigenvalue weighted by molar-refractivity contribution is -0.384. The fourth-order valence-corrected chi connectivity index (χ4v) is 3.03. The highest BCUT2D eigenvalue weighted by molar-refractivity contribution is 8.00. The van der Waals surface area contributed by atoms with Crippen LogP contribution in [0.3, 0.4) is 0 Å². The molecule has 0 aliphatic carbocycles. The topological polar surface area (TPSA) is 98.5 Å². The molecule has 1 amide bonds. The SMILES string of the molecule is C[C@H](NC(=O)COC(=O)CSc1ccc([N+](=O)[O-])cc1)c1cccc(Cl)c1. The van der Waals surface area contributed by atoms with Crippen LogP contribution >= 0.6 is 23.4 Å². The quantitative estimate of drug-likeness (QED) is 0.309. The smallest absolute Gasteiger partial charge is 0.316 e. The molecule has 0 spiro atoms. The summed E-state index contributed by atoms with van der Waals surface area (Å²) in [4.78, 5) is 34.4. The van der Waals surface area contributed by atoms with E-state index in [2.05, 4.69) is 5.32 Å². The predicted molar refractivity (Wildman–Crippen MR) is 103 cm³/mol. The molecule has 1 atom stereocenters. The Labute approximate surface area is 165 Å². The highest BCUT2D eigenvalue weighted by atomic mass is 35.5. The standard InChI is InChI=1S/C18H17ClN2O5S/c1-12(13-3-2-4-14(19)9-13)20-17(22)10-26-18(23)11-27-16-7-5-15(6-8-16)21(24)25/h2-9,12H,10-11H2,1H3,(H,20,22)/t12-/m0/s1. The number of non-ortho nitro benzene ring substituents is 1. The van der Waals surface area contributed by atoms with E-state index in [1.165, 1.54) is 23.9 Å². The van der Waals surface area contributed by atoms with Crippen molar-refractivity contribution in [3.8, 4) is 0 Å². The number of carbonyl (C=O) groups excluding carboxylic acids is 2. The third kappa shape index (κ3) is 6.92. The van der Waals surface area contributed by atoms with Crippen LogP contribution in [0.15, 0.2) is 53.4 Å². The van der Waals surface area contributed by atoms with Gasteiger partial charge in [-0.25, -0.2) is 0 Å². The second-order valence-corrected chi connectivity index (χ2v) is 7.03. The van der Waals surface area contributed by atoms with Gasteiger partial charge >= 0.3 is 5.97 Å². The van der Waals surface area contributed by atoms with Crippen molar-refractivity contribution < 1.29 is 19.2 Å². The zero-order valence-electron chi connectivity index (χ0n) is 14.4. The molecular weight excluding hydrogens is 392 g/mol. The second-order valence-electron chi connectivity index (χ2n) is 5.54. The van der Waals surface area contributed by atoms with Gasteiger partial charge in [-0.3, -0.25) is 19.7 Å². The normalized spacial score (nSPS) is 11.5. The Kier molecular flexibility index (Phi) is 7.63. The number of carbonyl (C=O) groups is 2. The minimum absolute atomic E-state index is 0.00502. The third-order valence-electron chi connectivity index (χ3n) is 3.49. The number of thioether (sulfide) groups is 1. The molecule has 1 N–H and O–H groups in total. The van der Waals surface area contributed by atoms with Gasteiger partial charge in [-0.05, 0) is 36.8 Å².